The Morgan fingerprint density at radius 3 is 2.38 bits per heavy atom. The summed E-state index contributed by atoms with van der Waals surface area (Å²) in [7, 11) is 0. The average molecular weight is 577 g/mol. The molecule has 212 valence electrons. The third kappa shape index (κ3) is 4.66. The van der Waals surface area contributed by atoms with Crippen LogP contribution in [0.2, 0.25) is 0 Å². The van der Waals surface area contributed by atoms with Gasteiger partial charge in [-0.1, -0.05) is 0 Å². The molecule has 0 unspecified atom stereocenters. The van der Waals surface area contributed by atoms with Gasteiger partial charge < -0.3 is 5.32 Å². The van der Waals surface area contributed by atoms with Crippen LogP contribution in [-0.2, 0) is 0 Å². The molecular weight excluding hydrogens is 555 g/mol. The van der Waals surface area contributed by atoms with Crippen LogP contribution >= 0.6 is 0 Å². The maximum atomic E-state index is 14.9. The van der Waals surface area contributed by atoms with Crippen LogP contribution in [-0.4, -0.2) is 34.5 Å². The number of fused-ring (bicyclic) bond motifs is 3. The minimum Gasteiger partial charge on any atom is -0.378 e. The van der Waals surface area contributed by atoms with Gasteiger partial charge in [-0.25, -0.2) is 41.9 Å². The van der Waals surface area contributed by atoms with Gasteiger partial charge in [-0.2, -0.15) is 0 Å². The Bertz CT molecular complexity index is 1970. The zero-order valence-corrected chi connectivity index (χ0v) is 22.4. The molecule has 0 aliphatic carbocycles. The van der Waals surface area contributed by atoms with Crippen LogP contribution in [0.25, 0.3) is 39.1 Å². The molecule has 6 aromatic rings. The van der Waals surface area contributed by atoms with Crippen molar-refractivity contribution in [3.8, 4) is 22.6 Å². The highest BCUT2D eigenvalue weighted by Gasteiger charge is 2.24. The first-order valence-electron chi connectivity index (χ1n) is 12.7. The maximum Gasteiger partial charge on any atom is 0.268 e. The Balaban J connectivity index is 1.47. The lowest BCUT2D eigenvalue weighted by Gasteiger charge is -2.21. The number of aryl methyl sites for hydroxylation is 2. The van der Waals surface area contributed by atoms with Gasteiger partial charge in [-0.05, 0) is 62.1 Å². The largest absolute Gasteiger partial charge is 0.378 e. The first-order valence-corrected chi connectivity index (χ1v) is 12.7. The van der Waals surface area contributed by atoms with E-state index < -0.39 is 35.5 Å². The number of pyridine rings is 1. The van der Waals surface area contributed by atoms with E-state index in [-0.39, 0.29) is 5.69 Å². The van der Waals surface area contributed by atoms with E-state index >= 15 is 0 Å². The first kappa shape index (κ1) is 27.1. The molecule has 4 aromatic heterocycles. The summed E-state index contributed by atoms with van der Waals surface area (Å²) in [6.45, 7) is 5.23. The molecule has 0 aliphatic heterocycles. The lowest BCUT2D eigenvalue weighted by atomic mass is 9.97. The summed E-state index contributed by atoms with van der Waals surface area (Å²) in [6, 6.07) is 5.27. The molecule has 0 amide bonds. The van der Waals surface area contributed by atoms with Gasteiger partial charge in [-0.15, -0.1) is 10.2 Å². The summed E-state index contributed by atoms with van der Waals surface area (Å²) >= 11 is 0. The molecule has 2 aromatic carbocycles. The fourth-order valence-electron chi connectivity index (χ4n) is 4.99. The molecule has 13 heteroatoms. The topological polar surface area (TPSA) is 93.8 Å². The monoisotopic (exact) mass is 576 g/mol. The Kier molecular flexibility index (Phi) is 6.71. The number of hydrogen-bond acceptors (Lipinski definition) is 7. The summed E-state index contributed by atoms with van der Waals surface area (Å²) in [5.41, 5.74) is 1.87. The summed E-state index contributed by atoms with van der Waals surface area (Å²) in [6.07, 6.45) is 3.08. The first-order chi connectivity index (χ1) is 20.1. The van der Waals surface area contributed by atoms with Crippen molar-refractivity contribution in [3.63, 3.8) is 0 Å². The minimum atomic E-state index is -3.28. The van der Waals surface area contributed by atoms with Gasteiger partial charge >= 0.3 is 0 Å². The molecule has 8 nitrogen and oxygen atoms in total. The Hall–Kier alpha value is -5.07. The summed E-state index contributed by atoms with van der Waals surface area (Å²) in [5.74, 6) is -2.58. The maximum absolute atomic E-state index is 14.9. The molecule has 0 saturated heterocycles. The van der Waals surface area contributed by atoms with E-state index in [1.54, 1.807) is 42.9 Å². The lowest BCUT2D eigenvalue weighted by molar-refractivity contribution is 0.146. The number of halogens is 5. The normalized spacial score (nSPS) is 12.4. The van der Waals surface area contributed by atoms with Crippen molar-refractivity contribution >= 4 is 22.1 Å². The zero-order chi connectivity index (χ0) is 29.7. The second-order valence-corrected chi connectivity index (χ2v) is 9.71. The van der Waals surface area contributed by atoms with E-state index in [0.29, 0.717) is 50.5 Å². The van der Waals surface area contributed by atoms with Crippen LogP contribution in [0, 0.1) is 31.3 Å². The highest BCUT2D eigenvalue weighted by molar-refractivity contribution is 5.99. The van der Waals surface area contributed by atoms with Gasteiger partial charge in [0.25, 0.3) is 6.43 Å². The second kappa shape index (κ2) is 10.4. The van der Waals surface area contributed by atoms with E-state index in [4.69, 9.17) is 0 Å². The van der Waals surface area contributed by atoms with Crippen molar-refractivity contribution in [2.24, 2.45) is 0 Å². The number of nitrogens with one attached hydrogen (secondary N) is 1. The number of nitrogens with zero attached hydrogens (tertiary/aromatic N) is 7. The summed E-state index contributed by atoms with van der Waals surface area (Å²) in [5, 5.41) is 11.9. The van der Waals surface area contributed by atoms with Crippen molar-refractivity contribution in [1.82, 2.24) is 34.5 Å². The van der Waals surface area contributed by atoms with Crippen LogP contribution in [0.4, 0.5) is 27.6 Å². The number of benzene rings is 2. The third-order valence-corrected chi connectivity index (χ3v) is 6.98. The molecule has 42 heavy (non-hydrogen) atoms. The van der Waals surface area contributed by atoms with Gasteiger partial charge in [0.2, 0.25) is 0 Å². The van der Waals surface area contributed by atoms with Crippen molar-refractivity contribution in [1.29, 1.82) is 0 Å². The number of hydrogen-bond donors (Lipinski definition) is 1. The highest BCUT2D eigenvalue weighted by atomic mass is 19.3. The zero-order valence-electron chi connectivity index (χ0n) is 22.4. The molecule has 0 radical (unpaired) electrons. The number of rotatable bonds is 6. The van der Waals surface area contributed by atoms with Crippen LogP contribution in [0.5, 0.6) is 0 Å². The number of anilines is 1. The molecule has 0 bridgehead atoms. The Labute approximate surface area is 235 Å². The Morgan fingerprint density at radius 2 is 1.67 bits per heavy atom. The summed E-state index contributed by atoms with van der Waals surface area (Å²) in [4.78, 5) is 17.6. The standard InChI is InChI=1S/C29H21F5N8/c1-13(40-23-5-4-22(31)26(32)25(23)27(33)34)18-6-17(30)7-20-19(18)8-24(42-12-38-41-29(20)42)16-9-36-28(37-10-16)21-11-35-15(3)39-14(21)2/h4-13,27,40H,1-3H3/t13-/m1/s1. The smallest absolute Gasteiger partial charge is 0.268 e. The molecule has 1 N–H and O–H groups in total. The highest BCUT2D eigenvalue weighted by Crippen LogP contribution is 2.37. The molecule has 0 fully saturated rings. The quantitative estimate of drug-likeness (QED) is 0.215. The van der Waals surface area contributed by atoms with Gasteiger partial charge in [0, 0.05) is 41.3 Å². The van der Waals surface area contributed by atoms with Gasteiger partial charge in [0.1, 0.15) is 18.0 Å². The fourth-order valence-corrected chi connectivity index (χ4v) is 4.99. The second-order valence-electron chi connectivity index (χ2n) is 9.71. The van der Waals surface area contributed by atoms with E-state index in [2.05, 4.69) is 35.5 Å². The van der Waals surface area contributed by atoms with Crippen molar-refractivity contribution in [2.45, 2.75) is 33.2 Å². The van der Waals surface area contributed by atoms with E-state index in [1.165, 1.54) is 18.5 Å². The molecular formula is C29H21F5N8. The molecule has 0 spiro atoms. The van der Waals surface area contributed by atoms with Crippen LogP contribution in [0.15, 0.2) is 55.2 Å². The van der Waals surface area contributed by atoms with Gasteiger partial charge in [-0.3, -0.25) is 4.40 Å². The van der Waals surface area contributed by atoms with E-state index in [1.807, 2.05) is 6.92 Å². The Morgan fingerprint density at radius 1 is 0.905 bits per heavy atom. The minimum absolute atomic E-state index is 0.308. The predicted molar refractivity (Wildman–Crippen MR) is 145 cm³/mol. The summed E-state index contributed by atoms with van der Waals surface area (Å²) < 4.78 is 71.8. The van der Waals surface area contributed by atoms with Crippen molar-refractivity contribution in [3.05, 3.63) is 95.3 Å². The van der Waals surface area contributed by atoms with Crippen LogP contribution < -0.4 is 5.32 Å². The lowest BCUT2D eigenvalue weighted by Crippen LogP contribution is -2.11. The van der Waals surface area contributed by atoms with Gasteiger partial charge in [0.15, 0.2) is 23.1 Å². The van der Waals surface area contributed by atoms with Gasteiger partial charge in [0.05, 0.1) is 22.5 Å². The van der Waals surface area contributed by atoms with Crippen LogP contribution in [0.3, 0.4) is 0 Å². The molecule has 4 heterocycles. The number of alkyl halides is 2. The van der Waals surface area contributed by atoms with E-state index in [0.717, 1.165) is 17.8 Å². The third-order valence-electron chi connectivity index (χ3n) is 6.98. The van der Waals surface area contributed by atoms with E-state index in [9.17, 15) is 22.0 Å². The SMILES string of the molecule is Cc1ncc(-c2ncc(-c3cc4c([C@@H](C)Nc5ccc(F)c(F)c5C(F)F)cc(F)cc4c4nncn34)cn2)c(C)n1. The molecule has 0 saturated carbocycles. The van der Waals surface area contributed by atoms with Crippen molar-refractivity contribution in [2.75, 3.05) is 5.32 Å². The molecule has 6 rings (SSSR count). The molecule has 1 atom stereocenters. The molecule has 0 aliphatic rings. The number of aromatic nitrogens is 7. The van der Waals surface area contributed by atoms with Crippen molar-refractivity contribution < 1.29 is 22.0 Å². The average Bonchev–Trinajstić information content (AvgIpc) is 3.45. The van der Waals surface area contributed by atoms with Crippen LogP contribution in [0.1, 0.15) is 42.0 Å². The fraction of sp³-hybridized carbons (Fsp3) is 0.172. The predicted octanol–water partition coefficient (Wildman–Crippen LogP) is 6.94.